The largest absolute Gasteiger partial charge is 0.506 e. The number of aryl methyl sites for hydroxylation is 1. The van der Waals surface area contributed by atoms with E-state index in [2.05, 4.69) is 19.6 Å². The molecule has 0 aliphatic rings. The molecule has 0 aliphatic heterocycles. The Kier molecular flexibility index (Phi) is 3.12. The van der Waals surface area contributed by atoms with Crippen LogP contribution in [0, 0.1) is 6.92 Å². The number of aromatic hydroxyl groups is 1. The van der Waals surface area contributed by atoms with Gasteiger partial charge in [0.15, 0.2) is 0 Å². The van der Waals surface area contributed by atoms with Crippen LogP contribution in [0.4, 0.5) is 10.8 Å². The molecule has 1 heterocycles. The topological polar surface area (TPSA) is 70.7 Å². The van der Waals surface area contributed by atoms with Gasteiger partial charge in [0.1, 0.15) is 11.6 Å². The number of phenols is 1. The zero-order valence-corrected chi connectivity index (χ0v) is 9.83. The van der Waals surface area contributed by atoms with Crippen LogP contribution in [0.25, 0.3) is 0 Å². The van der Waals surface area contributed by atoms with Crippen LogP contribution < -0.4 is 0 Å². The predicted molar refractivity (Wildman–Crippen MR) is 61.9 cm³/mol. The van der Waals surface area contributed by atoms with Crippen molar-refractivity contribution in [3.8, 4) is 5.75 Å². The van der Waals surface area contributed by atoms with Gasteiger partial charge in [-0.15, -0.1) is 10.2 Å². The molecule has 2 rings (SSSR count). The Balaban J connectivity index is 2.20. The van der Waals surface area contributed by atoms with Crippen molar-refractivity contribution >= 4 is 34.0 Å². The van der Waals surface area contributed by atoms with Gasteiger partial charge in [-0.05, 0) is 25.1 Å². The number of aromatic nitrogens is 2. The molecule has 5 nitrogen and oxygen atoms in total. The molecule has 2 aromatic rings. The minimum Gasteiger partial charge on any atom is -0.506 e. The van der Waals surface area contributed by atoms with E-state index in [1.54, 1.807) is 13.0 Å². The van der Waals surface area contributed by atoms with Crippen molar-refractivity contribution < 1.29 is 5.11 Å². The predicted octanol–water partition coefficient (Wildman–Crippen LogP) is 3.62. The van der Waals surface area contributed by atoms with Crippen molar-refractivity contribution in [2.75, 3.05) is 0 Å². The highest BCUT2D eigenvalue weighted by atomic mass is 35.5. The smallest absolute Gasteiger partial charge is 0.249 e. The third-order valence-electron chi connectivity index (χ3n) is 1.70. The van der Waals surface area contributed by atoms with E-state index in [-0.39, 0.29) is 10.8 Å². The fraction of sp³-hybridized carbons (Fsp3) is 0.111. The van der Waals surface area contributed by atoms with Crippen LogP contribution in [-0.4, -0.2) is 14.5 Å². The van der Waals surface area contributed by atoms with Gasteiger partial charge in [-0.2, -0.15) is 4.37 Å². The van der Waals surface area contributed by atoms with Gasteiger partial charge in [0, 0.05) is 11.5 Å². The molecule has 0 amide bonds. The van der Waals surface area contributed by atoms with Crippen LogP contribution in [0.2, 0.25) is 5.02 Å². The number of hydrogen-bond acceptors (Lipinski definition) is 6. The zero-order valence-electron chi connectivity index (χ0n) is 8.25. The summed E-state index contributed by atoms with van der Waals surface area (Å²) in [6, 6.07) is 4.59. The summed E-state index contributed by atoms with van der Waals surface area (Å²) in [6.45, 7) is 1.78. The van der Waals surface area contributed by atoms with E-state index in [4.69, 9.17) is 11.6 Å². The molecule has 0 saturated carbocycles. The van der Waals surface area contributed by atoms with Gasteiger partial charge < -0.3 is 5.11 Å². The molecule has 16 heavy (non-hydrogen) atoms. The first-order valence-corrected chi connectivity index (χ1v) is 5.51. The zero-order chi connectivity index (χ0) is 11.5. The molecule has 82 valence electrons. The van der Waals surface area contributed by atoms with Crippen molar-refractivity contribution in [2.45, 2.75) is 6.92 Å². The van der Waals surface area contributed by atoms with Crippen LogP contribution in [-0.2, 0) is 0 Å². The monoisotopic (exact) mass is 254 g/mol. The number of halogens is 1. The molecule has 0 spiro atoms. The molecule has 1 aromatic carbocycles. The van der Waals surface area contributed by atoms with Crippen molar-refractivity contribution in [3.05, 3.63) is 29.0 Å². The fourth-order valence-electron chi connectivity index (χ4n) is 0.985. The second-order valence-corrected chi connectivity index (χ2v) is 4.10. The van der Waals surface area contributed by atoms with Gasteiger partial charge in [-0.3, -0.25) is 0 Å². The van der Waals surface area contributed by atoms with Crippen molar-refractivity contribution in [1.29, 1.82) is 0 Å². The van der Waals surface area contributed by atoms with Crippen LogP contribution in [0.5, 0.6) is 5.75 Å². The Morgan fingerprint density at radius 2 is 2.19 bits per heavy atom. The normalized spacial score (nSPS) is 11.1. The van der Waals surface area contributed by atoms with E-state index in [1.165, 1.54) is 23.7 Å². The van der Waals surface area contributed by atoms with Gasteiger partial charge >= 0.3 is 0 Å². The lowest BCUT2D eigenvalue weighted by atomic mass is 10.3. The van der Waals surface area contributed by atoms with Crippen LogP contribution in [0.1, 0.15) is 5.82 Å². The third-order valence-corrected chi connectivity index (χ3v) is 2.69. The van der Waals surface area contributed by atoms with E-state index in [1.807, 2.05) is 0 Å². The molecule has 1 aromatic heterocycles. The Labute approximate surface area is 101 Å². The molecule has 0 radical (unpaired) electrons. The quantitative estimate of drug-likeness (QED) is 0.832. The van der Waals surface area contributed by atoms with Gasteiger partial charge in [-0.1, -0.05) is 11.6 Å². The number of hydrogen-bond donors (Lipinski definition) is 1. The lowest BCUT2D eigenvalue weighted by Gasteiger charge is -1.95. The summed E-state index contributed by atoms with van der Waals surface area (Å²) >= 11 is 6.89. The van der Waals surface area contributed by atoms with E-state index >= 15 is 0 Å². The molecule has 0 fully saturated rings. The maximum Gasteiger partial charge on any atom is 0.249 e. The van der Waals surface area contributed by atoms with Crippen molar-refractivity contribution in [3.63, 3.8) is 0 Å². The second kappa shape index (κ2) is 4.54. The number of benzene rings is 1. The maximum absolute atomic E-state index is 9.21. The highest BCUT2D eigenvalue weighted by Crippen LogP contribution is 2.28. The molecule has 0 aliphatic carbocycles. The van der Waals surface area contributed by atoms with E-state index < -0.39 is 0 Å². The Bertz CT molecular complexity index is 540. The summed E-state index contributed by atoms with van der Waals surface area (Å²) in [6.07, 6.45) is 0. The SMILES string of the molecule is Cc1nsc(/N=N/c2ccc(O)c(Cl)c2)n1. The first-order chi connectivity index (χ1) is 7.65. The molecule has 7 heteroatoms. The minimum absolute atomic E-state index is 0.0207. The van der Waals surface area contributed by atoms with Crippen molar-refractivity contribution in [2.24, 2.45) is 10.2 Å². The summed E-state index contributed by atoms with van der Waals surface area (Å²) < 4.78 is 3.97. The summed E-state index contributed by atoms with van der Waals surface area (Å²) in [5.41, 5.74) is 0.552. The summed E-state index contributed by atoms with van der Waals surface area (Å²) in [7, 11) is 0. The molecular formula is C9H7ClN4OS. The molecule has 0 bridgehead atoms. The first-order valence-electron chi connectivity index (χ1n) is 4.36. The standard InChI is InChI=1S/C9H7ClN4OS/c1-5-11-9(16-14-5)13-12-6-2-3-8(15)7(10)4-6/h2-4,15H,1H3/b13-12+. The number of phenolic OH excluding ortho intramolecular Hbond substituents is 1. The van der Waals surface area contributed by atoms with Crippen molar-refractivity contribution in [1.82, 2.24) is 9.36 Å². The Hall–Kier alpha value is -1.53. The van der Waals surface area contributed by atoms with Gasteiger partial charge in [0.2, 0.25) is 5.13 Å². The number of azo groups is 1. The number of nitrogens with zero attached hydrogens (tertiary/aromatic N) is 4. The average molecular weight is 255 g/mol. The van der Waals surface area contributed by atoms with Gasteiger partial charge in [-0.25, -0.2) is 4.98 Å². The summed E-state index contributed by atoms with van der Waals surface area (Å²) in [5, 5.41) is 17.8. The summed E-state index contributed by atoms with van der Waals surface area (Å²) in [4.78, 5) is 4.03. The lowest BCUT2D eigenvalue weighted by molar-refractivity contribution is 0.475. The average Bonchev–Trinajstić information content (AvgIpc) is 2.66. The molecular weight excluding hydrogens is 248 g/mol. The minimum atomic E-state index is 0.0207. The first kappa shape index (κ1) is 11.0. The van der Waals surface area contributed by atoms with Gasteiger partial charge in [0.05, 0.1) is 10.7 Å². The van der Waals surface area contributed by atoms with Crippen LogP contribution >= 0.6 is 23.1 Å². The molecule has 1 N–H and O–H groups in total. The van der Waals surface area contributed by atoms with Crippen LogP contribution in [0.15, 0.2) is 28.4 Å². The number of rotatable bonds is 2. The molecule has 0 saturated heterocycles. The maximum atomic E-state index is 9.21. The highest BCUT2D eigenvalue weighted by Gasteiger charge is 2.00. The van der Waals surface area contributed by atoms with E-state index in [9.17, 15) is 5.11 Å². The summed E-state index contributed by atoms with van der Waals surface area (Å²) in [5.74, 6) is 0.690. The Morgan fingerprint density at radius 3 is 2.81 bits per heavy atom. The second-order valence-electron chi connectivity index (χ2n) is 2.96. The van der Waals surface area contributed by atoms with E-state index in [0.29, 0.717) is 16.6 Å². The Morgan fingerprint density at radius 1 is 1.38 bits per heavy atom. The van der Waals surface area contributed by atoms with E-state index in [0.717, 1.165) is 0 Å². The molecule has 0 unspecified atom stereocenters. The fourth-order valence-corrected chi connectivity index (χ4v) is 1.66. The van der Waals surface area contributed by atoms with Gasteiger partial charge in [0.25, 0.3) is 0 Å². The molecule has 0 atom stereocenters. The van der Waals surface area contributed by atoms with Crippen LogP contribution in [0.3, 0.4) is 0 Å². The highest BCUT2D eigenvalue weighted by molar-refractivity contribution is 7.09. The lowest BCUT2D eigenvalue weighted by Crippen LogP contribution is -1.69. The third kappa shape index (κ3) is 2.53.